The second-order valence-electron chi connectivity index (χ2n) is 5.16. The molecule has 0 fully saturated rings. The quantitative estimate of drug-likeness (QED) is 0.856. The van der Waals surface area contributed by atoms with Gasteiger partial charge in [0.1, 0.15) is 0 Å². The Hall–Kier alpha value is -2.62. The molecule has 114 valence electrons. The molecule has 0 saturated heterocycles. The predicted molar refractivity (Wildman–Crippen MR) is 86.0 cm³/mol. The van der Waals surface area contributed by atoms with Crippen molar-refractivity contribution in [1.29, 1.82) is 0 Å². The number of benzene rings is 2. The van der Waals surface area contributed by atoms with Crippen molar-refractivity contribution in [2.45, 2.75) is 26.2 Å². The third-order valence-electron chi connectivity index (χ3n) is 3.65. The van der Waals surface area contributed by atoms with Gasteiger partial charge in [0.25, 0.3) is 0 Å². The topological polar surface area (TPSA) is 80.4 Å². The van der Waals surface area contributed by atoms with E-state index in [4.69, 9.17) is 5.73 Å². The molecular formula is C18H19NO3. The minimum atomic E-state index is -1.07. The van der Waals surface area contributed by atoms with Gasteiger partial charge in [-0.2, -0.15) is 0 Å². The fourth-order valence-corrected chi connectivity index (χ4v) is 2.58. The monoisotopic (exact) mass is 297 g/mol. The van der Waals surface area contributed by atoms with Gasteiger partial charge in [0.15, 0.2) is 0 Å². The van der Waals surface area contributed by atoms with Gasteiger partial charge in [-0.1, -0.05) is 43.7 Å². The van der Waals surface area contributed by atoms with Crippen LogP contribution in [0.15, 0.2) is 42.5 Å². The zero-order valence-electron chi connectivity index (χ0n) is 12.5. The number of carboxylic acid groups (broad SMARTS) is 1. The summed E-state index contributed by atoms with van der Waals surface area (Å²) in [4.78, 5) is 23.3. The molecule has 0 bridgehead atoms. The highest BCUT2D eigenvalue weighted by Gasteiger charge is 2.20. The molecule has 4 heteroatoms. The van der Waals surface area contributed by atoms with Crippen molar-refractivity contribution < 1.29 is 14.7 Å². The molecule has 0 aliphatic carbocycles. The smallest absolute Gasteiger partial charge is 0.336 e. The molecule has 0 aliphatic heterocycles. The van der Waals surface area contributed by atoms with Crippen molar-refractivity contribution in [3.63, 3.8) is 0 Å². The molecule has 0 atom stereocenters. The molecule has 0 aromatic heterocycles. The maximum Gasteiger partial charge on any atom is 0.336 e. The lowest BCUT2D eigenvalue weighted by Gasteiger charge is -2.15. The van der Waals surface area contributed by atoms with E-state index in [2.05, 4.69) is 6.92 Å². The zero-order chi connectivity index (χ0) is 16.1. The fraction of sp³-hybridized carbons (Fsp3) is 0.222. The van der Waals surface area contributed by atoms with Crippen LogP contribution in [0.3, 0.4) is 0 Å². The van der Waals surface area contributed by atoms with Crippen LogP contribution < -0.4 is 5.73 Å². The Bertz CT molecular complexity index is 675. The van der Waals surface area contributed by atoms with Gasteiger partial charge >= 0.3 is 5.97 Å². The first-order chi connectivity index (χ1) is 10.6. The van der Waals surface area contributed by atoms with Gasteiger partial charge in [0.05, 0.1) is 5.56 Å². The van der Waals surface area contributed by atoms with E-state index in [0.29, 0.717) is 5.56 Å². The van der Waals surface area contributed by atoms with E-state index in [0.717, 1.165) is 30.4 Å². The van der Waals surface area contributed by atoms with E-state index in [-0.39, 0.29) is 11.1 Å². The molecule has 2 rings (SSSR count). The van der Waals surface area contributed by atoms with Gasteiger partial charge in [-0.3, -0.25) is 4.79 Å². The minimum absolute atomic E-state index is 0.0975. The van der Waals surface area contributed by atoms with Gasteiger partial charge in [0.2, 0.25) is 5.91 Å². The molecule has 0 spiro atoms. The number of amides is 1. The second kappa shape index (κ2) is 6.89. The molecule has 0 heterocycles. The van der Waals surface area contributed by atoms with Crippen molar-refractivity contribution in [2.75, 3.05) is 0 Å². The van der Waals surface area contributed by atoms with Gasteiger partial charge < -0.3 is 10.8 Å². The fourth-order valence-electron chi connectivity index (χ4n) is 2.58. The summed E-state index contributed by atoms with van der Waals surface area (Å²) in [5.41, 5.74) is 7.98. The molecule has 0 radical (unpaired) electrons. The van der Waals surface area contributed by atoms with Crippen LogP contribution in [0.2, 0.25) is 0 Å². The zero-order valence-corrected chi connectivity index (χ0v) is 12.5. The van der Waals surface area contributed by atoms with Crippen molar-refractivity contribution in [2.24, 2.45) is 5.73 Å². The number of hydrogen-bond donors (Lipinski definition) is 2. The normalized spacial score (nSPS) is 10.4. The Morgan fingerprint density at radius 1 is 1.05 bits per heavy atom. The minimum Gasteiger partial charge on any atom is -0.478 e. The first kappa shape index (κ1) is 15.8. The van der Waals surface area contributed by atoms with E-state index in [1.54, 1.807) is 12.1 Å². The molecule has 22 heavy (non-hydrogen) atoms. The third-order valence-corrected chi connectivity index (χ3v) is 3.65. The summed E-state index contributed by atoms with van der Waals surface area (Å²) >= 11 is 0. The van der Waals surface area contributed by atoms with Gasteiger partial charge in [-0.15, -0.1) is 0 Å². The number of aromatic carboxylic acids is 1. The summed E-state index contributed by atoms with van der Waals surface area (Å²) in [6, 6.07) is 12.2. The number of aryl methyl sites for hydroxylation is 1. The van der Waals surface area contributed by atoms with E-state index in [1.165, 1.54) is 6.07 Å². The predicted octanol–water partition coefficient (Wildman–Crippen LogP) is 3.49. The van der Waals surface area contributed by atoms with E-state index < -0.39 is 11.9 Å². The Balaban J connectivity index is 2.70. The Morgan fingerprint density at radius 3 is 2.36 bits per heavy atom. The van der Waals surface area contributed by atoms with Crippen LogP contribution in [0.5, 0.6) is 0 Å². The molecule has 3 N–H and O–H groups in total. The highest BCUT2D eigenvalue weighted by atomic mass is 16.4. The summed E-state index contributed by atoms with van der Waals surface area (Å²) in [5, 5.41) is 9.45. The lowest BCUT2D eigenvalue weighted by molar-refractivity contribution is 0.0697. The van der Waals surface area contributed by atoms with Crippen LogP contribution >= 0.6 is 0 Å². The van der Waals surface area contributed by atoms with Crippen LogP contribution in [0.1, 0.15) is 46.0 Å². The van der Waals surface area contributed by atoms with Crippen LogP contribution in [0.25, 0.3) is 11.1 Å². The first-order valence-corrected chi connectivity index (χ1v) is 7.30. The summed E-state index contributed by atoms with van der Waals surface area (Å²) in [5.74, 6) is -1.69. The molecule has 2 aromatic carbocycles. The third kappa shape index (κ3) is 3.17. The number of carbonyl (C=O) groups excluding carboxylic acids is 1. The number of unbranched alkanes of at least 4 members (excludes halogenated alkanes) is 1. The summed E-state index contributed by atoms with van der Waals surface area (Å²) < 4.78 is 0. The number of primary amides is 1. The summed E-state index contributed by atoms with van der Waals surface area (Å²) in [6.45, 7) is 2.10. The van der Waals surface area contributed by atoms with Crippen LogP contribution in [0.4, 0.5) is 0 Å². The molecular weight excluding hydrogens is 278 g/mol. The molecule has 0 aliphatic rings. The number of hydrogen-bond acceptors (Lipinski definition) is 2. The van der Waals surface area contributed by atoms with Gasteiger partial charge in [-0.05, 0) is 36.1 Å². The van der Waals surface area contributed by atoms with Crippen molar-refractivity contribution in [3.8, 4) is 11.1 Å². The highest BCUT2D eigenvalue weighted by molar-refractivity contribution is 6.07. The lowest BCUT2D eigenvalue weighted by atomic mass is 9.89. The van der Waals surface area contributed by atoms with E-state index in [1.807, 2.05) is 24.3 Å². The summed E-state index contributed by atoms with van der Waals surface area (Å²) in [6.07, 6.45) is 2.87. The maximum atomic E-state index is 11.7. The van der Waals surface area contributed by atoms with Crippen LogP contribution in [-0.4, -0.2) is 17.0 Å². The largest absolute Gasteiger partial charge is 0.478 e. The van der Waals surface area contributed by atoms with E-state index >= 15 is 0 Å². The molecule has 1 amide bonds. The average Bonchev–Trinajstić information content (AvgIpc) is 2.52. The van der Waals surface area contributed by atoms with Crippen molar-refractivity contribution >= 4 is 11.9 Å². The Kier molecular flexibility index (Phi) is 4.94. The average molecular weight is 297 g/mol. The standard InChI is InChI=1S/C18H19NO3/c1-2-3-7-12-8-4-5-9-13(12)16-14(17(19)20)10-6-11-15(16)18(21)22/h4-6,8-11H,2-3,7H2,1H3,(H2,19,20)(H,21,22). The molecule has 0 unspecified atom stereocenters. The number of carboxylic acids is 1. The van der Waals surface area contributed by atoms with Gasteiger partial charge in [-0.25, -0.2) is 4.79 Å². The second-order valence-corrected chi connectivity index (χ2v) is 5.16. The lowest BCUT2D eigenvalue weighted by Crippen LogP contribution is -2.15. The van der Waals surface area contributed by atoms with Crippen LogP contribution in [0, 0.1) is 0 Å². The summed E-state index contributed by atoms with van der Waals surface area (Å²) in [7, 11) is 0. The first-order valence-electron chi connectivity index (χ1n) is 7.30. The van der Waals surface area contributed by atoms with Crippen LogP contribution in [-0.2, 0) is 6.42 Å². The van der Waals surface area contributed by atoms with Crippen molar-refractivity contribution in [1.82, 2.24) is 0 Å². The molecule has 4 nitrogen and oxygen atoms in total. The Labute approximate surface area is 129 Å². The maximum absolute atomic E-state index is 11.7. The SMILES string of the molecule is CCCCc1ccccc1-c1c(C(N)=O)cccc1C(=O)O. The number of carbonyl (C=O) groups is 2. The van der Waals surface area contributed by atoms with Gasteiger partial charge in [0, 0.05) is 11.1 Å². The van der Waals surface area contributed by atoms with Crippen molar-refractivity contribution in [3.05, 3.63) is 59.2 Å². The number of rotatable bonds is 6. The highest BCUT2D eigenvalue weighted by Crippen LogP contribution is 2.31. The number of nitrogens with two attached hydrogens (primary N) is 1. The van der Waals surface area contributed by atoms with E-state index in [9.17, 15) is 14.7 Å². The molecule has 2 aromatic rings. The molecule has 0 saturated carbocycles. The Morgan fingerprint density at radius 2 is 1.73 bits per heavy atom.